The predicted octanol–water partition coefficient (Wildman–Crippen LogP) is 3.41. The summed E-state index contributed by atoms with van der Waals surface area (Å²) in [6.07, 6.45) is 2.37. The van der Waals surface area contributed by atoms with Gasteiger partial charge in [-0.05, 0) is 36.5 Å². The second-order valence-electron chi connectivity index (χ2n) is 3.54. The second kappa shape index (κ2) is 3.70. The lowest BCUT2D eigenvalue weighted by molar-refractivity contribution is 0.218. The van der Waals surface area contributed by atoms with Crippen molar-refractivity contribution in [2.24, 2.45) is 5.92 Å². The maximum atomic E-state index is 5.68. The fraction of sp³-hybridized carbons (Fsp3) is 0.455. The van der Waals surface area contributed by atoms with Gasteiger partial charge in [0.1, 0.15) is 5.75 Å². The molecule has 0 spiro atoms. The summed E-state index contributed by atoms with van der Waals surface area (Å²) in [7, 11) is 0. The Morgan fingerprint density at radius 1 is 1.54 bits per heavy atom. The lowest BCUT2D eigenvalue weighted by atomic mass is 9.95. The molecule has 1 nitrogen and oxygen atoms in total. The topological polar surface area (TPSA) is 9.23 Å². The summed E-state index contributed by atoms with van der Waals surface area (Å²) in [5.74, 6) is 1.76. The van der Waals surface area contributed by atoms with E-state index in [1.807, 2.05) is 0 Å². The van der Waals surface area contributed by atoms with E-state index in [2.05, 4.69) is 41.1 Å². The first kappa shape index (κ1) is 9.07. The summed E-state index contributed by atoms with van der Waals surface area (Å²) in [4.78, 5) is 0. The Morgan fingerprint density at radius 2 is 2.38 bits per heavy atom. The molecular formula is C11H13BrO. The zero-order valence-corrected chi connectivity index (χ0v) is 9.30. The van der Waals surface area contributed by atoms with Gasteiger partial charge in [-0.15, -0.1) is 0 Å². The van der Waals surface area contributed by atoms with Crippen LogP contribution in [0, 0.1) is 5.92 Å². The van der Waals surface area contributed by atoms with Crippen molar-refractivity contribution in [1.82, 2.24) is 0 Å². The molecular weight excluding hydrogens is 228 g/mol. The van der Waals surface area contributed by atoms with Crippen LogP contribution in [-0.2, 0) is 6.42 Å². The van der Waals surface area contributed by atoms with Crippen LogP contribution in [0.25, 0.3) is 0 Å². The molecule has 13 heavy (non-hydrogen) atoms. The molecule has 0 saturated heterocycles. The van der Waals surface area contributed by atoms with E-state index in [-0.39, 0.29) is 0 Å². The zero-order chi connectivity index (χ0) is 9.26. The molecule has 1 heterocycles. The normalized spacial score (nSPS) is 20.6. The Kier molecular flexibility index (Phi) is 2.58. The molecule has 0 saturated carbocycles. The first-order chi connectivity index (χ1) is 6.29. The molecule has 1 unspecified atom stereocenters. The molecule has 0 amide bonds. The third-order valence-corrected chi connectivity index (χ3v) is 3.08. The lowest BCUT2D eigenvalue weighted by Crippen LogP contribution is -2.19. The van der Waals surface area contributed by atoms with Crippen LogP contribution in [0.15, 0.2) is 22.7 Å². The molecule has 1 atom stereocenters. The third kappa shape index (κ3) is 1.88. The van der Waals surface area contributed by atoms with Crippen molar-refractivity contribution in [3.63, 3.8) is 0 Å². The first-order valence-electron chi connectivity index (χ1n) is 4.71. The minimum atomic E-state index is 0.702. The molecule has 0 radical (unpaired) electrons. The van der Waals surface area contributed by atoms with Crippen LogP contribution in [0.4, 0.5) is 0 Å². The van der Waals surface area contributed by atoms with E-state index in [4.69, 9.17) is 4.74 Å². The van der Waals surface area contributed by atoms with E-state index >= 15 is 0 Å². The summed E-state index contributed by atoms with van der Waals surface area (Å²) in [5.41, 5.74) is 1.35. The van der Waals surface area contributed by atoms with Gasteiger partial charge in [0, 0.05) is 4.47 Å². The number of benzene rings is 1. The SMILES string of the molecule is CCC1COc2cc(Br)ccc2C1. The van der Waals surface area contributed by atoms with Crippen LogP contribution in [0.5, 0.6) is 5.75 Å². The Hall–Kier alpha value is -0.500. The van der Waals surface area contributed by atoms with E-state index < -0.39 is 0 Å². The molecule has 1 aliphatic rings. The summed E-state index contributed by atoms with van der Waals surface area (Å²) < 4.78 is 6.78. The molecule has 1 aromatic rings. The number of fused-ring (bicyclic) bond motifs is 1. The number of halogens is 1. The smallest absolute Gasteiger partial charge is 0.123 e. The average molecular weight is 241 g/mol. The summed E-state index contributed by atoms with van der Waals surface area (Å²) >= 11 is 3.44. The van der Waals surface area contributed by atoms with Crippen LogP contribution in [0.2, 0.25) is 0 Å². The van der Waals surface area contributed by atoms with Crippen LogP contribution >= 0.6 is 15.9 Å². The summed E-state index contributed by atoms with van der Waals surface area (Å²) in [6, 6.07) is 6.29. The zero-order valence-electron chi connectivity index (χ0n) is 7.72. The molecule has 1 aromatic carbocycles. The number of hydrogen-bond donors (Lipinski definition) is 0. The quantitative estimate of drug-likeness (QED) is 0.732. The minimum Gasteiger partial charge on any atom is -0.493 e. The van der Waals surface area contributed by atoms with Crippen LogP contribution in [-0.4, -0.2) is 6.61 Å². The molecule has 0 N–H and O–H groups in total. The largest absolute Gasteiger partial charge is 0.493 e. The van der Waals surface area contributed by atoms with E-state index in [1.54, 1.807) is 0 Å². The van der Waals surface area contributed by atoms with Crippen molar-refractivity contribution >= 4 is 15.9 Å². The molecule has 70 valence electrons. The van der Waals surface area contributed by atoms with Crippen molar-refractivity contribution in [3.8, 4) is 5.75 Å². The molecule has 1 aliphatic heterocycles. The Bertz CT molecular complexity index is 309. The predicted molar refractivity (Wildman–Crippen MR) is 57.1 cm³/mol. The Labute approximate surface area is 87.2 Å². The van der Waals surface area contributed by atoms with Gasteiger partial charge in [0.15, 0.2) is 0 Å². The van der Waals surface area contributed by atoms with Gasteiger partial charge in [0.05, 0.1) is 6.61 Å². The second-order valence-corrected chi connectivity index (χ2v) is 4.46. The van der Waals surface area contributed by atoms with Gasteiger partial charge in [0.2, 0.25) is 0 Å². The monoisotopic (exact) mass is 240 g/mol. The third-order valence-electron chi connectivity index (χ3n) is 2.59. The van der Waals surface area contributed by atoms with Crippen molar-refractivity contribution in [2.75, 3.05) is 6.61 Å². The molecule has 2 rings (SSSR count). The highest BCUT2D eigenvalue weighted by Crippen LogP contribution is 2.30. The fourth-order valence-corrected chi connectivity index (χ4v) is 2.01. The standard InChI is InChI=1S/C11H13BrO/c1-2-8-5-9-3-4-10(12)6-11(9)13-7-8/h3-4,6,8H,2,5,7H2,1H3. The van der Waals surface area contributed by atoms with Crippen molar-refractivity contribution < 1.29 is 4.74 Å². The average Bonchev–Trinajstić information content (AvgIpc) is 2.17. The fourth-order valence-electron chi connectivity index (χ4n) is 1.67. The Morgan fingerprint density at radius 3 is 3.15 bits per heavy atom. The summed E-state index contributed by atoms with van der Waals surface area (Å²) in [5, 5.41) is 0. The molecule has 0 aromatic heterocycles. The number of rotatable bonds is 1. The lowest BCUT2D eigenvalue weighted by Gasteiger charge is -2.24. The van der Waals surface area contributed by atoms with Crippen LogP contribution < -0.4 is 4.74 Å². The van der Waals surface area contributed by atoms with Crippen LogP contribution in [0.1, 0.15) is 18.9 Å². The minimum absolute atomic E-state index is 0.702. The van der Waals surface area contributed by atoms with Crippen LogP contribution in [0.3, 0.4) is 0 Å². The highest BCUT2D eigenvalue weighted by molar-refractivity contribution is 9.10. The van der Waals surface area contributed by atoms with E-state index in [9.17, 15) is 0 Å². The highest BCUT2D eigenvalue weighted by atomic mass is 79.9. The number of hydrogen-bond acceptors (Lipinski definition) is 1. The highest BCUT2D eigenvalue weighted by Gasteiger charge is 2.17. The van der Waals surface area contributed by atoms with Crippen molar-refractivity contribution in [2.45, 2.75) is 19.8 Å². The van der Waals surface area contributed by atoms with Crippen molar-refractivity contribution in [1.29, 1.82) is 0 Å². The van der Waals surface area contributed by atoms with Gasteiger partial charge < -0.3 is 4.74 Å². The summed E-state index contributed by atoms with van der Waals surface area (Å²) in [6.45, 7) is 3.10. The Balaban J connectivity index is 2.26. The number of ether oxygens (including phenoxy) is 1. The molecule has 0 aliphatic carbocycles. The maximum Gasteiger partial charge on any atom is 0.123 e. The van der Waals surface area contributed by atoms with Gasteiger partial charge in [-0.25, -0.2) is 0 Å². The molecule has 0 fully saturated rings. The molecule has 0 bridgehead atoms. The van der Waals surface area contributed by atoms with Gasteiger partial charge in [-0.3, -0.25) is 0 Å². The van der Waals surface area contributed by atoms with Crippen molar-refractivity contribution in [3.05, 3.63) is 28.2 Å². The van der Waals surface area contributed by atoms with Gasteiger partial charge >= 0.3 is 0 Å². The van der Waals surface area contributed by atoms with E-state index in [0.29, 0.717) is 5.92 Å². The van der Waals surface area contributed by atoms with E-state index in [0.717, 1.165) is 16.8 Å². The van der Waals surface area contributed by atoms with Gasteiger partial charge in [0.25, 0.3) is 0 Å². The van der Waals surface area contributed by atoms with Gasteiger partial charge in [-0.1, -0.05) is 28.9 Å². The van der Waals surface area contributed by atoms with E-state index in [1.165, 1.54) is 18.4 Å². The molecule has 2 heteroatoms. The maximum absolute atomic E-state index is 5.68. The van der Waals surface area contributed by atoms with Gasteiger partial charge in [-0.2, -0.15) is 0 Å². The first-order valence-corrected chi connectivity index (χ1v) is 5.50.